The molecule has 4 amide bonds. The lowest BCUT2D eigenvalue weighted by atomic mass is 9.75. The molecule has 3 rings (SSSR count). The monoisotopic (exact) mass is 361 g/mol. The fourth-order valence-corrected chi connectivity index (χ4v) is 4.51. The number of imide groups is 1. The number of hydrogen-bond donors (Lipinski definition) is 2. The van der Waals surface area contributed by atoms with Crippen LogP contribution in [0.5, 0.6) is 0 Å². The average molecular weight is 361 g/mol. The molecule has 1 aliphatic heterocycles. The molecule has 6 heteroatoms. The molecule has 0 spiro atoms. The van der Waals surface area contributed by atoms with Crippen molar-refractivity contribution in [3.63, 3.8) is 0 Å². The zero-order valence-electron chi connectivity index (χ0n) is 15.8. The molecule has 2 N–H and O–H groups in total. The maximum atomic E-state index is 12.8. The van der Waals surface area contributed by atoms with Crippen molar-refractivity contribution in [1.29, 1.82) is 0 Å². The Bertz CT molecular complexity index is 595. The lowest BCUT2D eigenvalue weighted by Gasteiger charge is -2.34. The Balaban J connectivity index is 1.50. The molecular weight excluding hydrogens is 330 g/mol. The van der Waals surface area contributed by atoms with Crippen LogP contribution in [0.2, 0.25) is 0 Å². The van der Waals surface area contributed by atoms with Crippen molar-refractivity contribution in [2.45, 2.75) is 76.7 Å². The van der Waals surface area contributed by atoms with Crippen molar-refractivity contribution >= 4 is 17.8 Å². The maximum Gasteiger partial charge on any atom is 0.325 e. The first-order valence-corrected chi connectivity index (χ1v) is 10.1. The highest BCUT2D eigenvalue weighted by atomic mass is 16.2. The van der Waals surface area contributed by atoms with Gasteiger partial charge in [0.2, 0.25) is 5.91 Å². The number of carbonyl (C=O) groups excluding carboxylic acids is 3. The molecule has 1 atom stereocenters. The molecular formula is C20H31N3O3. The van der Waals surface area contributed by atoms with Gasteiger partial charge < -0.3 is 10.6 Å². The Morgan fingerprint density at radius 3 is 2.69 bits per heavy atom. The molecule has 0 unspecified atom stereocenters. The van der Waals surface area contributed by atoms with Gasteiger partial charge in [0.05, 0.1) is 0 Å². The molecule has 0 aromatic rings. The van der Waals surface area contributed by atoms with Crippen LogP contribution in [0.3, 0.4) is 0 Å². The quantitative estimate of drug-likeness (QED) is 0.564. The molecule has 2 fully saturated rings. The zero-order valence-corrected chi connectivity index (χ0v) is 15.8. The molecule has 0 aromatic carbocycles. The van der Waals surface area contributed by atoms with Crippen molar-refractivity contribution in [2.24, 2.45) is 5.92 Å². The van der Waals surface area contributed by atoms with Gasteiger partial charge in [-0.15, -0.1) is 0 Å². The van der Waals surface area contributed by atoms with Crippen LogP contribution in [0, 0.1) is 5.92 Å². The normalized spacial score (nSPS) is 27.3. The Labute approximate surface area is 155 Å². The zero-order chi connectivity index (χ0) is 18.6. The first-order valence-electron chi connectivity index (χ1n) is 10.1. The molecule has 0 aromatic heterocycles. The summed E-state index contributed by atoms with van der Waals surface area (Å²) in [6.07, 6.45) is 13.1. The van der Waals surface area contributed by atoms with Crippen LogP contribution < -0.4 is 10.6 Å². The summed E-state index contributed by atoms with van der Waals surface area (Å²) in [6.45, 7) is 2.19. The summed E-state index contributed by atoms with van der Waals surface area (Å²) in [5, 5.41) is 5.71. The van der Waals surface area contributed by atoms with Gasteiger partial charge in [0, 0.05) is 6.54 Å². The van der Waals surface area contributed by atoms with E-state index < -0.39 is 11.6 Å². The topological polar surface area (TPSA) is 78.5 Å². The number of allylic oxidation sites excluding steroid dienone is 1. The molecule has 0 radical (unpaired) electrons. The minimum absolute atomic E-state index is 0.166. The number of nitrogens with zero attached hydrogens (tertiary/aromatic N) is 1. The second kappa shape index (κ2) is 8.23. The lowest BCUT2D eigenvalue weighted by Crippen LogP contribution is -2.51. The van der Waals surface area contributed by atoms with Crippen molar-refractivity contribution in [2.75, 3.05) is 13.1 Å². The van der Waals surface area contributed by atoms with E-state index in [0.29, 0.717) is 6.54 Å². The number of carbonyl (C=O) groups is 3. The number of urea groups is 1. The molecule has 0 bridgehead atoms. The van der Waals surface area contributed by atoms with Gasteiger partial charge in [0.1, 0.15) is 12.1 Å². The van der Waals surface area contributed by atoms with Crippen molar-refractivity contribution in [3.05, 3.63) is 11.6 Å². The Hall–Kier alpha value is -1.85. The highest BCUT2D eigenvalue weighted by Gasteiger charge is 2.52. The van der Waals surface area contributed by atoms with E-state index >= 15 is 0 Å². The first kappa shape index (κ1) is 18.9. The van der Waals surface area contributed by atoms with Crippen molar-refractivity contribution in [3.8, 4) is 0 Å². The van der Waals surface area contributed by atoms with Crippen LogP contribution in [-0.2, 0) is 9.59 Å². The van der Waals surface area contributed by atoms with E-state index in [2.05, 4.69) is 16.7 Å². The summed E-state index contributed by atoms with van der Waals surface area (Å²) in [5.74, 6) is -0.351. The molecule has 1 saturated carbocycles. The van der Waals surface area contributed by atoms with Crippen LogP contribution in [0.15, 0.2) is 11.6 Å². The van der Waals surface area contributed by atoms with E-state index in [-0.39, 0.29) is 24.3 Å². The Morgan fingerprint density at radius 2 is 2.00 bits per heavy atom. The minimum atomic E-state index is -0.856. The third kappa shape index (κ3) is 4.10. The Morgan fingerprint density at radius 1 is 1.23 bits per heavy atom. The number of nitrogens with one attached hydrogen (secondary N) is 2. The largest absolute Gasteiger partial charge is 0.354 e. The SMILES string of the molecule is C[C@]1(C2CCCCC2)NC(=O)N(CC(=O)NCCC2=CCCCC2)C1=O. The third-order valence-electron chi connectivity index (χ3n) is 6.18. The van der Waals surface area contributed by atoms with Crippen molar-refractivity contribution < 1.29 is 14.4 Å². The van der Waals surface area contributed by atoms with Gasteiger partial charge in [0.15, 0.2) is 0 Å². The van der Waals surface area contributed by atoms with E-state index in [0.717, 1.165) is 49.8 Å². The van der Waals surface area contributed by atoms with Crippen LogP contribution in [0.1, 0.15) is 71.1 Å². The summed E-state index contributed by atoms with van der Waals surface area (Å²) in [6, 6.07) is -0.437. The molecule has 2 aliphatic carbocycles. The number of rotatable bonds is 6. The molecule has 26 heavy (non-hydrogen) atoms. The fraction of sp³-hybridized carbons (Fsp3) is 0.750. The summed E-state index contributed by atoms with van der Waals surface area (Å²) < 4.78 is 0. The second-order valence-corrected chi connectivity index (χ2v) is 8.07. The fourth-order valence-electron chi connectivity index (χ4n) is 4.51. The van der Waals surface area contributed by atoms with Gasteiger partial charge in [-0.1, -0.05) is 30.9 Å². The van der Waals surface area contributed by atoms with E-state index in [1.165, 1.54) is 24.8 Å². The van der Waals surface area contributed by atoms with Gasteiger partial charge in [-0.2, -0.15) is 0 Å². The van der Waals surface area contributed by atoms with Gasteiger partial charge in [0.25, 0.3) is 5.91 Å². The third-order valence-corrected chi connectivity index (χ3v) is 6.18. The minimum Gasteiger partial charge on any atom is -0.354 e. The summed E-state index contributed by atoms with van der Waals surface area (Å²) in [4.78, 5) is 38.5. The van der Waals surface area contributed by atoms with E-state index in [1.807, 2.05) is 6.92 Å². The van der Waals surface area contributed by atoms with Crippen LogP contribution >= 0.6 is 0 Å². The molecule has 1 saturated heterocycles. The smallest absolute Gasteiger partial charge is 0.325 e. The number of hydrogen-bond acceptors (Lipinski definition) is 3. The number of amides is 4. The van der Waals surface area contributed by atoms with Gasteiger partial charge in [-0.05, 0) is 57.8 Å². The van der Waals surface area contributed by atoms with Crippen LogP contribution in [-0.4, -0.2) is 41.4 Å². The molecule has 1 heterocycles. The van der Waals surface area contributed by atoms with Crippen LogP contribution in [0.25, 0.3) is 0 Å². The predicted octanol–water partition coefficient (Wildman–Crippen LogP) is 2.88. The molecule has 3 aliphatic rings. The molecule has 6 nitrogen and oxygen atoms in total. The van der Waals surface area contributed by atoms with Crippen LogP contribution in [0.4, 0.5) is 4.79 Å². The van der Waals surface area contributed by atoms with E-state index in [1.54, 1.807) is 0 Å². The maximum absolute atomic E-state index is 12.8. The average Bonchev–Trinajstić information content (AvgIpc) is 2.87. The predicted molar refractivity (Wildman–Crippen MR) is 99.4 cm³/mol. The summed E-state index contributed by atoms with van der Waals surface area (Å²) in [5.41, 5.74) is 0.543. The van der Waals surface area contributed by atoms with E-state index in [4.69, 9.17) is 0 Å². The highest BCUT2D eigenvalue weighted by Crippen LogP contribution is 2.36. The van der Waals surface area contributed by atoms with Gasteiger partial charge in [-0.3, -0.25) is 14.5 Å². The lowest BCUT2D eigenvalue weighted by molar-refractivity contribution is -0.136. The summed E-state index contributed by atoms with van der Waals surface area (Å²) in [7, 11) is 0. The highest BCUT2D eigenvalue weighted by molar-refractivity contribution is 6.09. The Kier molecular flexibility index (Phi) is 5.99. The standard InChI is InChI=1S/C20H31N3O3/c1-20(16-10-6-3-7-11-16)18(25)23(19(26)22-20)14-17(24)21-13-12-15-8-4-2-5-9-15/h8,16H,2-7,9-14H2,1H3,(H,21,24)(H,22,26)/t20-/m1/s1. The summed E-state index contributed by atoms with van der Waals surface area (Å²) >= 11 is 0. The van der Waals surface area contributed by atoms with Crippen molar-refractivity contribution in [1.82, 2.24) is 15.5 Å². The van der Waals surface area contributed by atoms with Gasteiger partial charge in [-0.25, -0.2) is 4.79 Å². The first-order chi connectivity index (χ1) is 12.5. The van der Waals surface area contributed by atoms with E-state index in [9.17, 15) is 14.4 Å². The van der Waals surface area contributed by atoms with Gasteiger partial charge >= 0.3 is 6.03 Å². The second-order valence-electron chi connectivity index (χ2n) is 8.07. The molecule has 144 valence electrons.